The van der Waals surface area contributed by atoms with E-state index in [9.17, 15) is 0 Å². The second-order valence-electron chi connectivity index (χ2n) is 3.92. The van der Waals surface area contributed by atoms with E-state index in [0.717, 1.165) is 17.8 Å². The van der Waals surface area contributed by atoms with Gasteiger partial charge in [0.25, 0.3) is 0 Å². The Morgan fingerprint density at radius 1 is 1.21 bits per heavy atom. The molecule has 2 aromatic rings. The van der Waals surface area contributed by atoms with Crippen LogP contribution >= 0.6 is 11.6 Å². The number of hydrogen-bond donors (Lipinski definition) is 2. The number of aromatic nitrogens is 5. The van der Waals surface area contributed by atoms with Crippen LogP contribution in [0.1, 0.15) is 19.5 Å². The molecular formula is C11H16ClN7. The van der Waals surface area contributed by atoms with Crippen molar-refractivity contribution in [3.05, 3.63) is 17.2 Å². The first kappa shape index (κ1) is 13.5. The van der Waals surface area contributed by atoms with Crippen LogP contribution in [-0.2, 0) is 13.5 Å². The second-order valence-corrected chi connectivity index (χ2v) is 4.26. The maximum atomic E-state index is 5.87. The summed E-state index contributed by atoms with van der Waals surface area (Å²) >= 11 is 5.87. The Morgan fingerprint density at radius 2 is 1.95 bits per heavy atom. The van der Waals surface area contributed by atoms with Crippen molar-refractivity contribution in [2.24, 2.45) is 7.05 Å². The van der Waals surface area contributed by atoms with Crippen molar-refractivity contribution >= 4 is 29.2 Å². The minimum absolute atomic E-state index is 0.149. The molecule has 0 radical (unpaired) electrons. The van der Waals surface area contributed by atoms with Crippen molar-refractivity contribution in [3.8, 4) is 0 Å². The molecule has 0 fully saturated rings. The highest BCUT2D eigenvalue weighted by Gasteiger charge is 2.09. The Bertz CT molecular complexity index is 566. The van der Waals surface area contributed by atoms with E-state index in [1.807, 2.05) is 27.1 Å². The third kappa shape index (κ3) is 3.31. The first-order chi connectivity index (χ1) is 9.12. The summed E-state index contributed by atoms with van der Waals surface area (Å²) in [4.78, 5) is 12.3. The van der Waals surface area contributed by atoms with E-state index >= 15 is 0 Å². The molecule has 0 saturated carbocycles. The van der Waals surface area contributed by atoms with Crippen molar-refractivity contribution in [1.29, 1.82) is 0 Å². The van der Waals surface area contributed by atoms with Gasteiger partial charge in [0.2, 0.25) is 17.2 Å². The number of hydrogen-bond acceptors (Lipinski definition) is 6. The maximum Gasteiger partial charge on any atom is 0.233 e. The fourth-order valence-corrected chi connectivity index (χ4v) is 1.82. The lowest BCUT2D eigenvalue weighted by Crippen LogP contribution is -2.06. The standard InChI is InChI=1S/C11H16ClN7/c1-4-7-8(6-19(3)18-7)14-11-16-9(12)15-10(17-11)13-5-2/h6H,4-5H2,1-3H3,(H2,13,14,15,16,17). The minimum Gasteiger partial charge on any atom is -0.354 e. The van der Waals surface area contributed by atoms with Gasteiger partial charge in [-0.15, -0.1) is 0 Å². The van der Waals surface area contributed by atoms with Gasteiger partial charge in [0.1, 0.15) is 0 Å². The SMILES string of the molecule is CCNc1nc(Cl)nc(Nc2cn(C)nc2CC)n1. The van der Waals surface area contributed by atoms with Gasteiger partial charge in [-0.2, -0.15) is 20.1 Å². The number of rotatable bonds is 5. The molecule has 0 spiro atoms. The molecule has 0 bridgehead atoms. The molecule has 2 N–H and O–H groups in total. The van der Waals surface area contributed by atoms with Gasteiger partial charge in [-0.3, -0.25) is 4.68 Å². The molecule has 2 heterocycles. The largest absolute Gasteiger partial charge is 0.354 e. The lowest BCUT2D eigenvalue weighted by atomic mass is 10.3. The zero-order chi connectivity index (χ0) is 13.8. The van der Waals surface area contributed by atoms with Crippen LogP contribution in [-0.4, -0.2) is 31.3 Å². The molecule has 8 heteroatoms. The van der Waals surface area contributed by atoms with Gasteiger partial charge in [-0.25, -0.2) is 0 Å². The molecule has 0 aromatic carbocycles. The van der Waals surface area contributed by atoms with Gasteiger partial charge in [-0.1, -0.05) is 6.92 Å². The fraction of sp³-hybridized carbons (Fsp3) is 0.455. The second kappa shape index (κ2) is 5.83. The number of halogens is 1. The molecule has 0 unspecified atom stereocenters. The first-order valence-corrected chi connectivity index (χ1v) is 6.45. The smallest absolute Gasteiger partial charge is 0.233 e. The summed E-state index contributed by atoms with van der Waals surface area (Å²) in [6.45, 7) is 4.71. The third-order valence-electron chi connectivity index (χ3n) is 2.43. The van der Waals surface area contributed by atoms with Crippen LogP contribution in [0.3, 0.4) is 0 Å². The van der Waals surface area contributed by atoms with E-state index in [0.29, 0.717) is 18.4 Å². The van der Waals surface area contributed by atoms with E-state index in [1.165, 1.54) is 0 Å². The molecule has 0 aliphatic heterocycles. The van der Waals surface area contributed by atoms with Crippen molar-refractivity contribution in [3.63, 3.8) is 0 Å². The molecule has 0 amide bonds. The van der Waals surface area contributed by atoms with Gasteiger partial charge >= 0.3 is 0 Å². The molecule has 102 valence electrons. The summed E-state index contributed by atoms with van der Waals surface area (Å²) < 4.78 is 1.75. The fourth-order valence-electron chi connectivity index (χ4n) is 1.66. The van der Waals surface area contributed by atoms with Gasteiger partial charge in [0.05, 0.1) is 11.4 Å². The summed E-state index contributed by atoms with van der Waals surface area (Å²) in [5.74, 6) is 0.852. The molecule has 2 rings (SSSR count). The normalized spacial score (nSPS) is 10.5. The van der Waals surface area contributed by atoms with Crippen molar-refractivity contribution in [2.75, 3.05) is 17.2 Å². The highest BCUT2D eigenvalue weighted by atomic mass is 35.5. The van der Waals surface area contributed by atoms with Crippen LogP contribution in [0.15, 0.2) is 6.20 Å². The van der Waals surface area contributed by atoms with Crippen LogP contribution in [0.25, 0.3) is 0 Å². The molecule has 7 nitrogen and oxygen atoms in total. The van der Waals surface area contributed by atoms with Crippen LogP contribution in [0.5, 0.6) is 0 Å². The lowest BCUT2D eigenvalue weighted by Gasteiger charge is -2.06. The summed E-state index contributed by atoms with van der Waals surface area (Å²) in [6.07, 6.45) is 2.70. The van der Waals surface area contributed by atoms with E-state index in [1.54, 1.807) is 4.68 Å². The van der Waals surface area contributed by atoms with Crippen molar-refractivity contribution in [2.45, 2.75) is 20.3 Å². The molecule has 19 heavy (non-hydrogen) atoms. The predicted octanol–water partition coefficient (Wildman–Crippen LogP) is 2.00. The van der Waals surface area contributed by atoms with Crippen LogP contribution in [0, 0.1) is 0 Å². The molecule has 0 saturated heterocycles. The minimum atomic E-state index is 0.149. The number of nitrogens with one attached hydrogen (secondary N) is 2. The number of anilines is 3. The van der Waals surface area contributed by atoms with Gasteiger partial charge in [-0.05, 0) is 24.9 Å². The predicted molar refractivity (Wildman–Crippen MR) is 74.9 cm³/mol. The number of nitrogens with zero attached hydrogens (tertiary/aromatic N) is 5. The van der Waals surface area contributed by atoms with Gasteiger partial charge < -0.3 is 10.6 Å². The van der Waals surface area contributed by atoms with E-state index in [-0.39, 0.29) is 5.28 Å². The first-order valence-electron chi connectivity index (χ1n) is 6.07. The average molecular weight is 282 g/mol. The quantitative estimate of drug-likeness (QED) is 0.872. The Labute approximate surface area is 116 Å². The summed E-state index contributed by atoms with van der Waals surface area (Å²) in [5.41, 5.74) is 1.82. The lowest BCUT2D eigenvalue weighted by molar-refractivity contribution is 0.746. The maximum absolute atomic E-state index is 5.87. The number of aryl methyl sites for hydroxylation is 2. The third-order valence-corrected chi connectivity index (χ3v) is 2.60. The Hall–Kier alpha value is -1.89. The highest BCUT2D eigenvalue weighted by molar-refractivity contribution is 6.28. The molecule has 0 atom stereocenters. The average Bonchev–Trinajstić information content (AvgIpc) is 2.69. The van der Waals surface area contributed by atoms with E-state index < -0.39 is 0 Å². The van der Waals surface area contributed by atoms with Gasteiger partial charge in [0.15, 0.2) is 0 Å². The highest BCUT2D eigenvalue weighted by Crippen LogP contribution is 2.19. The topological polar surface area (TPSA) is 80.5 Å². The molecule has 0 aliphatic rings. The Balaban J connectivity index is 2.26. The zero-order valence-corrected chi connectivity index (χ0v) is 11.9. The monoisotopic (exact) mass is 281 g/mol. The van der Waals surface area contributed by atoms with Crippen LogP contribution in [0.4, 0.5) is 17.6 Å². The Kier molecular flexibility index (Phi) is 4.16. The van der Waals surface area contributed by atoms with Gasteiger partial charge in [0, 0.05) is 19.8 Å². The van der Waals surface area contributed by atoms with Crippen molar-refractivity contribution in [1.82, 2.24) is 24.7 Å². The summed E-state index contributed by atoms with van der Waals surface area (Å²) in [7, 11) is 1.87. The Morgan fingerprint density at radius 3 is 2.63 bits per heavy atom. The summed E-state index contributed by atoms with van der Waals surface area (Å²) in [5, 5.41) is 10.6. The van der Waals surface area contributed by atoms with E-state index in [4.69, 9.17) is 11.6 Å². The summed E-state index contributed by atoms with van der Waals surface area (Å²) in [6, 6.07) is 0. The molecule has 0 aliphatic carbocycles. The van der Waals surface area contributed by atoms with Crippen molar-refractivity contribution < 1.29 is 0 Å². The van der Waals surface area contributed by atoms with Crippen LogP contribution < -0.4 is 10.6 Å². The van der Waals surface area contributed by atoms with E-state index in [2.05, 4.69) is 30.7 Å². The molecular weight excluding hydrogens is 266 g/mol. The zero-order valence-electron chi connectivity index (χ0n) is 11.1. The van der Waals surface area contributed by atoms with Crippen LogP contribution in [0.2, 0.25) is 5.28 Å². The molecule has 2 aromatic heterocycles.